The number of amides is 1. The Morgan fingerprint density at radius 2 is 2.09 bits per heavy atom. The van der Waals surface area contributed by atoms with Crippen LogP contribution in [0.3, 0.4) is 0 Å². The smallest absolute Gasteiger partial charge is 0.224 e. The van der Waals surface area contributed by atoms with Crippen LogP contribution >= 0.6 is 0 Å². The number of aliphatic hydroxyl groups is 1. The number of aryl methyl sites for hydroxylation is 2. The van der Waals surface area contributed by atoms with Gasteiger partial charge in [-0.3, -0.25) is 4.79 Å². The Balaban J connectivity index is 1.67. The minimum Gasteiger partial charge on any atom is -0.396 e. The molecule has 2 aliphatic rings. The summed E-state index contributed by atoms with van der Waals surface area (Å²) < 4.78 is 5.33. The molecule has 0 spiro atoms. The number of aliphatic hydroxyl groups excluding tert-OH is 1. The van der Waals surface area contributed by atoms with Crippen molar-refractivity contribution >= 4 is 5.91 Å². The molecule has 1 amide bonds. The summed E-state index contributed by atoms with van der Waals surface area (Å²) in [5.74, 6) is 2.22. The van der Waals surface area contributed by atoms with Crippen LogP contribution in [0.5, 0.6) is 0 Å². The van der Waals surface area contributed by atoms with E-state index < -0.39 is 0 Å². The molecule has 122 valence electrons. The van der Waals surface area contributed by atoms with Crippen molar-refractivity contribution in [3.8, 4) is 0 Å². The molecule has 1 aromatic heterocycles. The SMILES string of the molecule is CCc1noc(CC)c1CC(=O)NC1C2CCC(C2)C1CO. The van der Waals surface area contributed by atoms with Crippen LogP contribution in [0, 0.1) is 17.8 Å². The van der Waals surface area contributed by atoms with E-state index in [1.165, 1.54) is 12.8 Å². The second-order valence-corrected chi connectivity index (χ2v) is 6.69. The number of hydrogen-bond donors (Lipinski definition) is 2. The summed E-state index contributed by atoms with van der Waals surface area (Å²) in [5.41, 5.74) is 1.84. The molecule has 2 fully saturated rings. The number of aromatic nitrogens is 1. The molecule has 0 aromatic carbocycles. The molecule has 4 atom stereocenters. The first-order valence-electron chi connectivity index (χ1n) is 8.54. The van der Waals surface area contributed by atoms with E-state index in [2.05, 4.69) is 10.5 Å². The number of carbonyl (C=O) groups is 1. The van der Waals surface area contributed by atoms with Gasteiger partial charge in [-0.25, -0.2) is 0 Å². The first-order chi connectivity index (χ1) is 10.7. The molecule has 0 saturated heterocycles. The summed E-state index contributed by atoms with van der Waals surface area (Å²) in [5, 5.41) is 16.9. The molecule has 5 heteroatoms. The first-order valence-corrected chi connectivity index (χ1v) is 8.54. The number of nitrogens with zero attached hydrogens (tertiary/aromatic N) is 1. The van der Waals surface area contributed by atoms with Crippen LogP contribution in [0.4, 0.5) is 0 Å². The molecular weight excluding hydrogens is 280 g/mol. The average Bonchev–Trinajstić information content (AvgIpc) is 3.21. The highest BCUT2D eigenvalue weighted by molar-refractivity contribution is 5.79. The molecular formula is C17H26N2O3. The van der Waals surface area contributed by atoms with E-state index in [0.717, 1.165) is 36.3 Å². The van der Waals surface area contributed by atoms with Crippen molar-refractivity contribution < 1.29 is 14.4 Å². The quantitative estimate of drug-likeness (QED) is 0.841. The monoisotopic (exact) mass is 306 g/mol. The summed E-state index contributed by atoms with van der Waals surface area (Å²) in [4.78, 5) is 12.5. The third kappa shape index (κ3) is 2.67. The molecule has 0 radical (unpaired) electrons. The van der Waals surface area contributed by atoms with E-state index in [0.29, 0.717) is 18.3 Å². The largest absolute Gasteiger partial charge is 0.396 e. The Kier molecular flexibility index (Phi) is 4.52. The van der Waals surface area contributed by atoms with E-state index >= 15 is 0 Å². The topological polar surface area (TPSA) is 75.4 Å². The Morgan fingerprint density at radius 1 is 1.32 bits per heavy atom. The van der Waals surface area contributed by atoms with Crippen LogP contribution in [-0.2, 0) is 24.1 Å². The number of fused-ring (bicyclic) bond motifs is 2. The van der Waals surface area contributed by atoms with E-state index in [4.69, 9.17) is 4.52 Å². The van der Waals surface area contributed by atoms with Crippen molar-refractivity contribution in [3.63, 3.8) is 0 Å². The molecule has 1 heterocycles. The van der Waals surface area contributed by atoms with Crippen LogP contribution in [0.2, 0.25) is 0 Å². The summed E-state index contributed by atoms with van der Waals surface area (Å²) in [6.07, 6.45) is 5.40. The number of rotatable bonds is 6. The second-order valence-electron chi connectivity index (χ2n) is 6.69. The highest BCUT2D eigenvalue weighted by Crippen LogP contribution is 2.48. The van der Waals surface area contributed by atoms with Crippen molar-refractivity contribution in [3.05, 3.63) is 17.0 Å². The summed E-state index contributed by atoms with van der Waals surface area (Å²) in [7, 11) is 0. The van der Waals surface area contributed by atoms with Crippen molar-refractivity contribution in [1.29, 1.82) is 0 Å². The van der Waals surface area contributed by atoms with Crippen molar-refractivity contribution in [2.45, 2.75) is 58.4 Å². The predicted octanol–water partition coefficient (Wildman–Crippen LogP) is 1.87. The minimum atomic E-state index is 0.0311. The third-order valence-corrected chi connectivity index (χ3v) is 5.57. The summed E-state index contributed by atoms with van der Waals surface area (Å²) in [6.45, 7) is 4.22. The van der Waals surface area contributed by atoms with Gasteiger partial charge in [0.05, 0.1) is 12.1 Å². The first kappa shape index (κ1) is 15.5. The van der Waals surface area contributed by atoms with Crippen LogP contribution in [-0.4, -0.2) is 28.8 Å². The second kappa shape index (κ2) is 6.41. The van der Waals surface area contributed by atoms with E-state index in [1.54, 1.807) is 0 Å². The fraction of sp³-hybridized carbons (Fsp3) is 0.765. The van der Waals surface area contributed by atoms with Crippen LogP contribution in [0.15, 0.2) is 4.52 Å². The maximum atomic E-state index is 12.5. The average molecular weight is 306 g/mol. The van der Waals surface area contributed by atoms with Crippen molar-refractivity contribution in [2.24, 2.45) is 17.8 Å². The van der Waals surface area contributed by atoms with Crippen molar-refractivity contribution in [1.82, 2.24) is 10.5 Å². The van der Waals surface area contributed by atoms with E-state index in [9.17, 15) is 9.90 Å². The van der Waals surface area contributed by atoms with Gasteiger partial charge in [0.25, 0.3) is 0 Å². The lowest BCUT2D eigenvalue weighted by Gasteiger charge is -2.30. The molecule has 2 saturated carbocycles. The molecule has 2 N–H and O–H groups in total. The fourth-order valence-corrected chi connectivity index (χ4v) is 4.43. The zero-order valence-corrected chi connectivity index (χ0v) is 13.5. The van der Waals surface area contributed by atoms with Gasteiger partial charge in [0.1, 0.15) is 5.76 Å². The molecule has 0 aliphatic heterocycles. The normalized spacial score (nSPS) is 30.0. The van der Waals surface area contributed by atoms with Gasteiger partial charge in [0.15, 0.2) is 0 Å². The number of nitrogens with one attached hydrogen (secondary N) is 1. The van der Waals surface area contributed by atoms with Crippen molar-refractivity contribution in [2.75, 3.05) is 6.61 Å². The molecule has 2 bridgehead atoms. The Labute approximate surface area is 131 Å². The van der Waals surface area contributed by atoms with Gasteiger partial charge in [-0.1, -0.05) is 19.0 Å². The maximum absolute atomic E-state index is 12.5. The van der Waals surface area contributed by atoms with E-state index in [-0.39, 0.29) is 24.5 Å². The van der Waals surface area contributed by atoms with Crippen LogP contribution in [0.25, 0.3) is 0 Å². The Hall–Kier alpha value is -1.36. The van der Waals surface area contributed by atoms with Gasteiger partial charge in [-0.2, -0.15) is 0 Å². The summed E-state index contributed by atoms with van der Waals surface area (Å²) >= 11 is 0. The maximum Gasteiger partial charge on any atom is 0.224 e. The van der Waals surface area contributed by atoms with Gasteiger partial charge >= 0.3 is 0 Å². The Bertz CT molecular complexity index is 519. The number of hydrogen-bond acceptors (Lipinski definition) is 4. The highest BCUT2D eigenvalue weighted by Gasteiger charge is 2.47. The molecule has 22 heavy (non-hydrogen) atoms. The highest BCUT2D eigenvalue weighted by atomic mass is 16.5. The van der Waals surface area contributed by atoms with Gasteiger partial charge in [-0.05, 0) is 37.5 Å². The van der Waals surface area contributed by atoms with Gasteiger partial charge < -0.3 is 14.9 Å². The van der Waals surface area contributed by atoms with Crippen LogP contribution in [0.1, 0.15) is 50.1 Å². The van der Waals surface area contributed by atoms with E-state index in [1.807, 2.05) is 13.8 Å². The third-order valence-electron chi connectivity index (χ3n) is 5.57. The van der Waals surface area contributed by atoms with Gasteiger partial charge in [0.2, 0.25) is 5.91 Å². The molecule has 5 nitrogen and oxygen atoms in total. The van der Waals surface area contributed by atoms with Gasteiger partial charge in [-0.15, -0.1) is 0 Å². The standard InChI is InChI=1S/C17H26N2O3/c1-3-14-12(15(4-2)22-19-14)8-16(21)18-17-11-6-5-10(7-11)13(17)9-20/h10-11,13,17,20H,3-9H2,1-2H3,(H,18,21). The van der Waals surface area contributed by atoms with Gasteiger partial charge in [0, 0.05) is 30.6 Å². The zero-order valence-electron chi connectivity index (χ0n) is 13.5. The fourth-order valence-electron chi connectivity index (χ4n) is 4.43. The zero-order chi connectivity index (χ0) is 15.7. The lowest BCUT2D eigenvalue weighted by Crippen LogP contribution is -2.45. The van der Waals surface area contributed by atoms with Crippen LogP contribution < -0.4 is 5.32 Å². The summed E-state index contributed by atoms with van der Waals surface area (Å²) in [6, 6.07) is 0.145. The molecule has 1 aromatic rings. The molecule has 3 rings (SSSR count). The lowest BCUT2D eigenvalue weighted by molar-refractivity contribution is -0.122. The molecule has 2 aliphatic carbocycles. The number of carbonyl (C=O) groups excluding carboxylic acids is 1. The molecule has 4 unspecified atom stereocenters. The minimum absolute atomic E-state index is 0.0311. The Morgan fingerprint density at radius 3 is 2.77 bits per heavy atom. The predicted molar refractivity (Wildman–Crippen MR) is 82.3 cm³/mol. The lowest BCUT2D eigenvalue weighted by atomic mass is 9.85.